The van der Waals surface area contributed by atoms with E-state index in [1.165, 1.54) is 12.1 Å². The van der Waals surface area contributed by atoms with E-state index in [-0.39, 0.29) is 17.8 Å². The van der Waals surface area contributed by atoms with E-state index in [1.807, 2.05) is 52.5 Å². The largest absolute Gasteiger partial charge is 0.344 e. The second kappa shape index (κ2) is 9.24. The highest BCUT2D eigenvalue weighted by Gasteiger charge is 2.18. The molecule has 7 heteroatoms. The molecule has 1 amide bonds. The topological polar surface area (TPSA) is 46.4 Å². The number of amides is 1. The summed E-state index contributed by atoms with van der Waals surface area (Å²) in [6.45, 7) is 0. The highest BCUT2D eigenvalue weighted by Crippen LogP contribution is 2.26. The van der Waals surface area contributed by atoms with Gasteiger partial charge in [-0.05, 0) is 41.3 Å². The van der Waals surface area contributed by atoms with E-state index in [0.29, 0.717) is 12.2 Å². The van der Waals surface area contributed by atoms with Crippen molar-refractivity contribution in [1.82, 2.24) is 14.7 Å². The molecule has 1 unspecified atom stereocenters. The van der Waals surface area contributed by atoms with Crippen molar-refractivity contribution in [1.29, 1.82) is 0 Å². The number of thioether (sulfide) groups is 1. The van der Waals surface area contributed by atoms with Gasteiger partial charge in [0.1, 0.15) is 11.5 Å². The Labute approximate surface area is 176 Å². The van der Waals surface area contributed by atoms with Crippen molar-refractivity contribution in [2.75, 3.05) is 5.75 Å². The van der Waals surface area contributed by atoms with Gasteiger partial charge in [-0.25, -0.2) is 9.37 Å². The number of halogens is 1. The van der Waals surface area contributed by atoms with Crippen molar-refractivity contribution in [2.45, 2.75) is 18.2 Å². The summed E-state index contributed by atoms with van der Waals surface area (Å²) in [4.78, 5) is 18.1. The average Bonchev–Trinajstić information content (AvgIpc) is 3.40. The summed E-state index contributed by atoms with van der Waals surface area (Å²) in [7, 11) is 0. The van der Waals surface area contributed by atoms with Crippen LogP contribution in [0.4, 0.5) is 4.39 Å². The summed E-state index contributed by atoms with van der Waals surface area (Å²) in [5, 5.41) is 5.07. The molecule has 0 aliphatic carbocycles. The zero-order valence-electron chi connectivity index (χ0n) is 15.6. The summed E-state index contributed by atoms with van der Waals surface area (Å²) in [5.74, 6) is 1.17. The first kappa shape index (κ1) is 19.7. The number of carbonyl (C=O) groups is 1. The van der Waals surface area contributed by atoms with Crippen molar-refractivity contribution >= 4 is 34.7 Å². The summed E-state index contributed by atoms with van der Waals surface area (Å²) >= 11 is 3.26. The Kier molecular flexibility index (Phi) is 6.27. The number of pyridine rings is 1. The van der Waals surface area contributed by atoms with Crippen molar-refractivity contribution in [3.63, 3.8) is 0 Å². The minimum absolute atomic E-state index is 0.0183. The molecule has 29 heavy (non-hydrogen) atoms. The summed E-state index contributed by atoms with van der Waals surface area (Å²) in [6, 6.07) is 15.9. The predicted molar refractivity (Wildman–Crippen MR) is 117 cm³/mol. The van der Waals surface area contributed by atoms with Crippen molar-refractivity contribution < 1.29 is 9.18 Å². The molecular formula is C22H20FN3OS2. The molecule has 4 rings (SSSR count). The van der Waals surface area contributed by atoms with Crippen LogP contribution in [0.15, 0.2) is 72.4 Å². The lowest BCUT2D eigenvalue weighted by molar-refractivity contribution is -0.121. The number of carbonyl (C=O) groups excluding carboxylic acids is 1. The Bertz CT molecular complexity index is 1040. The molecule has 148 valence electrons. The first-order valence-electron chi connectivity index (χ1n) is 9.27. The number of nitrogens with one attached hydrogen (secondary N) is 1. The first-order chi connectivity index (χ1) is 14.2. The van der Waals surface area contributed by atoms with Gasteiger partial charge >= 0.3 is 0 Å². The van der Waals surface area contributed by atoms with E-state index in [4.69, 9.17) is 0 Å². The number of hydrogen-bond acceptors (Lipinski definition) is 4. The molecule has 4 aromatic rings. The Morgan fingerprint density at radius 1 is 1.17 bits per heavy atom. The molecule has 0 saturated heterocycles. The fourth-order valence-electron chi connectivity index (χ4n) is 3.06. The molecule has 4 nitrogen and oxygen atoms in total. The third-order valence-corrected chi connectivity index (χ3v) is 6.40. The van der Waals surface area contributed by atoms with E-state index in [1.54, 1.807) is 35.2 Å². The lowest BCUT2D eigenvalue weighted by Crippen LogP contribution is -2.29. The predicted octanol–water partition coefficient (Wildman–Crippen LogP) is 5.06. The summed E-state index contributed by atoms with van der Waals surface area (Å²) in [6.07, 6.45) is 4.41. The van der Waals surface area contributed by atoms with Gasteiger partial charge in [0.25, 0.3) is 0 Å². The standard InChI is InChI=1S/C22H20FN3OS2/c23-17-8-6-16(7-9-17)22(19-4-3-12-29-19)25-21(27)10-13-28-15-18-14-26-11-2-1-5-20(26)24-18/h1-9,11-12,14,22H,10,13,15H2,(H,25,27). The lowest BCUT2D eigenvalue weighted by Gasteiger charge is -2.18. The van der Waals surface area contributed by atoms with Gasteiger partial charge < -0.3 is 9.72 Å². The molecule has 0 spiro atoms. The molecular weight excluding hydrogens is 405 g/mol. The molecule has 1 atom stereocenters. The number of imidazole rings is 1. The fraction of sp³-hybridized carbons (Fsp3) is 0.182. The van der Waals surface area contributed by atoms with Crippen LogP contribution in [0.25, 0.3) is 5.65 Å². The second-order valence-corrected chi connectivity index (χ2v) is 8.65. The molecule has 0 saturated carbocycles. The van der Waals surface area contributed by atoms with Gasteiger partial charge in [0, 0.05) is 35.2 Å². The normalized spacial score (nSPS) is 12.2. The lowest BCUT2D eigenvalue weighted by atomic mass is 10.1. The Hall–Kier alpha value is -2.64. The SMILES string of the molecule is O=C(CCSCc1cn2ccccc2n1)NC(c1ccc(F)cc1)c1cccs1. The smallest absolute Gasteiger partial charge is 0.221 e. The third-order valence-electron chi connectivity index (χ3n) is 4.47. The van der Waals surface area contributed by atoms with Gasteiger partial charge in [-0.15, -0.1) is 11.3 Å². The molecule has 3 heterocycles. The summed E-state index contributed by atoms with van der Waals surface area (Å²) in [5.41, 5.74) is 2.81. The van der Waals surface area contributed by atoms with Crippen LogP contribution < -0.4 is 5.32 Å². The molecule has 1 aromatic carbocycles. The second-order valence-electron chi connectivity index (χ2n) is 6.57. The van der Waals surface area contributed by atoms with Crippen molar-refractivity contribution in [2.24, 2.45) is 0 Å². The van der Waals surface area contributed by atoms with Gasteiger partial charge in [0.2, 0.25) is 5.91 Å². The van der Waals surface area contributed by atoms with Crippen molar-refractivity contribution in [3.8, 4) is 0 Å². The number of aromatic nitrogens is 2. The van der Waals surface area contributed by atoms with Gasteiger partial charge in [0.15, 0.2) is 0 Å². The highest BCUT2D eigenvalue weighted by molar-refractivity contribution is 7.98. The number of fused-ring (bicyclic) bond motifs is 1. The monoisotopic (exact) mass is 425 g/mol. The zero-order valence-corrected chi connectivity index (χ0v) is 17.3. The number of nitrogens with zero attached hydrogens (tertiary/aromatic N) is 2. The van der Waals surface area contributed by atoms with Crippen LogP contribution in [0.3, 0.4) is 0 Å². The maximum atomic E-state index is 13.3. The Morgan fingerprint density at radius 2 is 2.03 bits per heavy atom. The van der Waals surface area contributed by atoms with Gasteiger partial charge in [0.05, 0.1) is 11.7 Å². The molecule has 0 bridgehead atoms. The van der Waals surface area contributed by atoms with Crippen LogP contribution in [-0.4, -0.2) is 21.0 Å². The number of rotatable bonds is 8. The minimum Gasteiger partial charge on any atom is -0.344 e. The Balaban J connectivity index is 1.31. The zero-order chi connectivity index (χ0) is 20.1. The molecule has 0 aliphatic rings. The number of hydrogen-bond donors (Lipinski definition) is 1. The molecule has 3 aromatic heterocycles. The maximum absolute atomic E-state index is 13.3. The third kappa shape index (κ3) is 5.05. The van der Waals surface area contributed by atoms with E-state index in [0.717, 1.165) is 27.5 Å². The van der Waals surface area contributed by atoms with Gasteiger partial charge in [-0.2, -0.15) is 11.8 Å². The highest BCUT2D eigenvalue weighted by atomic mass is 32.2. The van der Waals surface area contributed by atoms with Crippen LogP contribution in [0, 0.1) is 5.82 Å². The van der Waals surface area contributed by atoms with Crippen LogP contribution in [0.1, 0.15) is 28.6 Å². The molecule has 1 N–H and O–H groups in total. The maximum Gasteiger partial charge on any atom is 0.221 e. The molecule has 0 aliphatic heterocycles. The number of thiophene rings is 1. The van der Waals surface area contributed by atoms with Crippen LogP contribution in [0.2, 0.25) is 0 Å². The van der Waals surface area contributed by atoms with Crippen LogP contribution >= 0.6 is 23.1 Å². The van der Waals surface area contributed by atoms with Crippen molar-refractivity contribution in [3.05, 3.63) is 94.3 Å². The van der Waals surface area contributed by atoms with Gasteiger partial charge in [-0.1, -0.05) is 24.3 Å². The van der Waals surface area contributed by atoms with Crippen LogP contribution in [-0.2, 0) is 10.5 Å². The Morgan fingerprint density at radius 3 is 2.79 bits per heavy atom. The first-order valence-corrected chi connectivity index (χ1v) is 11.3. The summed E-state index contributed by atoms with van der Waals surface area (Å²) < 4.78 is 15.3. The number of benzene rings is 1. The van der Waals surface area contributed by atoms with Gasteiger partial charge in [-0.3, -0.25) is 4.79 Å². The molecule has 0 radical (unpaired) electrons. The van der Waals surface area contributed by atoms with E-state index < -0.39 is 0 Å². The molecule has 0 fully saturated rings. The van der Waals surface area contributed by atoms with E-state index in [9.17, 15) is 9.18 Å². The quantitative estimate of drug-likeness (QED) is 0.401. The van der Waals surface area contributed by atoms with E-state index in [2.05, 4.69) is 10.3 Å². The fourth-order valence-corrected chi connectivity index (χ4v) is 4.69. The average molecular weight is 426 g/mol. The minimum atomic E-state index is -0.284. The van der Waals surface area contributed by atoms with Crippen LogP contribution in [0.5, 0.6) is 0 Å². The van der Waals surface area contributed by atoms with E-state index >= 15 is 0 Å².